The number of hydrogen-bond acceptors (Lipinski definition) is 7. The van der Waals surface area contributed by atoms with E-state index in [-0.39, 0.29) is 43.7 Å². The molecule has 2 N–H and O–H groups in total. The predicted molar refractivity (Wildman–Crippen MR) is 131 cm³/mol. The van der Waals surface area contributed by atoms with Crippen molar-refractivity contribution in [1.82, 2.24) is 19.9 Å². The Morgan fingerprint density at radius 1 is 1.21 bits per heavy atom. The van der Waals surface area contributed by atoms with Gasteiger partial charge in [-0.05, 0) is 31.0 Å². The molecule has 0 radical (unpaired) electrons. The average Bonchev–Trinajstić information content (AvgIpc) is 3.41. The first-order valence-electron chi connectivity index (χ1n) is 12.1. The molecule has 3 aromatic rings. The Kier molecular flexibility index (Phi) is 7.05. The third kappa shape index (κ3) is 5.07. The summed E-state index contributed by atoms with van der Waals surface area (Å²) in [5.74, 6) is -3.96. The molecule has 2 aliphatic rings. The van der Waals surface area contributed by atoms with E-state index in [1.54, 1.807) is 29.4 Å². The van der Waals surface area contributed by atoms with Crippen molar-refractivity contribution in [1.29, 1.82) is 0 Å². The van der Waals surface area contributed by atoms with Crippen molar-refractivity contribution in [3.63, 3.8) is 0 Å². The number of nitrogens with one attached hydrogen (secondary N) is 1. The Hall–Kier alpha value is -4.32. The third-order valence-electron chi connectivity index (χ3n) is 6.51. The number of carbonyl (C=O) groups excluding carboxylic acids is 2. The minimum atomic E-state index is -1.04. The first-order valence-corrected chi connectivity index (χ1v) is 12.1. The Balaban J connectivity index is 1.47. The number of fused-ring (bicyclic) bond motifs is 1. The van der Waals surface area contributed by atoms with Crippen LogP contribution in [0.15, 0.2) is 53.6 Å². The van der Waals surface area contributed by atoms with E-state index >= 15 is 0 Å². The van der Waals surface area contributed by atoms with E-state index in [2.05, 4.69) is 10.3 Å². The fraction of sp³-hybridized carbons (Fsp3) is 0.308. The molecule has 0 unspecified atom stereocenters. The zero-order valence-corrected chi connectivity index (χ0v) is 20.3. The highest BCUT2D eigenvalue weighted by molar-refractivity contribution is 5.99. The second-order valence-electron chi connectivity index (χ2n) is 9.12. The molecule has 1 saturated heterocycles. The summed E-state index contributed by atoms with van der Waals surface area (Å²) in [5, 5.41) is 14.9. The van der Waals surface area contributed by atoms with Crippen molar-refractivity contribution >= 4 is 11.8 Å². The summed E-state index contributed by atoms with van der Waals surface area (Å²) >= 11 is 0. The van der Waals surface area contributed by atoms with Crippen LogP contribution >= 0.6 is 0 Å². The topological polar surface area (TPSA) is 117 Å². The first kappa shape index (κ1) is 25.3. The molecule has 38 heavy (non-hydrogen) atoms. The molecule has 10 nitrogen and oxygen atoms in total. The highest BCUT2D eigenvalue weighted by Gasteiger charge is 2.36. The minimum absolute atomic E-state index is 0.0127. The fourth-order valence-electron chi connectivity index (χ4n) is 4.57. The van der Waals surface area contributed by atoms with Crippen LogP contribution in [0.3, 0.4) is 0 Å². The van der Waals surface area contributed by atoms with E-state index in [1.807, 2.05) is 0 Å². The quantitative estimate of drug-likeness (QED) is 0.484. The van der Waals surface area contributed by atoms with Crippen LogP contribution in [-0.4, -0.2) is 57.4 Å². The second-order valence-corrected chi connectivity index (χ2v) is 9.12. The van der Waals surface area contributed by atoms with E-state index < -0.39 is 40.2 Å². The van der Waals surface area contributed by atoms with Crippen LogP contribution in [0.1, 0.15) is 44.9 Å². The molecule has 1 fully saturated rings. The molecule has 0 saturated carbocycles. The van der Waals surface area contributed by atoms with Gasteiger partial charge in [-0.1, -0.05) is 12.1 Å². The molecule has 1 aromatic carbocycles. The summed E-state index contributed by atoms with van der Waals surface area (Å²) in [7, 11) is 0. The predicted octanol–water partition coefficient (Wildman–Crippen LogP) is 1.89. The molecule has 1 atom stereocenters. The van der Waals surface area contributed by atoms with Gasteiger partial charge in [-0.3, -0.25) is 29.1 Å². The maximum Gasteiger partial charge on any atom is 0.277 e. The van der Waals surface area contributed by atoms with Crippen molar-refractivity contribution < 1.29 is 28.2 Å². The van der Waals surface area contributed by atoms with Crippen molar-refractivity contribution in [2.75, 3.05) is 24.8 Å². The number of halogens is 2. The molecule has 0 spiro atoms. The lowest BCUT2D eigenvalue weighted by molar-refractivity contribution is 0.0455. The van der Waals surface area contributed by atoms with Gasteiger partial charge in [0.05, 0.1) is 18.3 Å². The molecule has 5 rings (SSSR count). The van der Waals surface area contributed by atoms with Gasteiger partial charge in [0.1, 0.15) is 23.9 Å². The Bertz CT molecular complexity index is 1430. The Labute approximate surface area is 216 Å². The van der Waals surface area contributed by atoms with E-state index in [0.717, 1.165) is 18.9 Å². The highest BCUT2D eigenvalue weighted by Crippen LogP contribution is 2.24. The van der Waals surface area contributed by atoms with Crippen molar-refractivity contribution in [2.24, 2.45) is 0 Å². The molecule has 2 aliphatic heterocycles. The van der Waals surface area contributed by atoms with Gasteiger partial charge in [-0.15, -0.1) is 0 Å². The first-order chi connectivity index (χ1) is 18.3. The van der Waals surface area contributed by atoms with Gasteiger partial charge in [0.2, 0.25) is 5.43 Å². The highest BCUT2D eigenvalue weighted by atomic mass is 19.1. The molecule has 2 amide bonds. The molecular formula is C26H25F2N5O5. The van der Waals surface area contributed by atoms with E-state index in [1.165, 1.54) is 21.8 Å². The molecule has 4 heterocycles. The molecular weight excluding hydrogens is 500 g/mol. The van der Waals surface area contributed by atoms with Gasteiger partial charge in [-0.25, -0.2) is 8.78 Å². The molecule has 12 heteroatoms. The lowest BCUT2D eigenvalue weighted by atomic mass is 10.1. The number of ether oxygens (including phenoxy) is 1. The van der Waals surface area contributed by atoms with Gasteiger partial charge in [0, 0.05) is 43.7 Å². The van der Waals surface area contributed by atoms with Gasteiger partial charge in [0.15, 0.2) is 11.4 Å². The lowest BCUT2D eigenvalue weighted by Gasteiger charge is -2.40. The number of aromatic nitrogens is 2. The largest absolute Gasteiger partial charge is 0.502 e. The average molecular weight is 526 g/mol. The summed E-state index contributed by atoms with van der Waals surface area (Å²) < 4.78 is 34.1. The van der Waals surface area contributed by atoms with Crippen LogP contribution in [0.25, 0.3) is 0 Å². The summed E-state index contributed by atoms with van der Waals surface area (Å²) in [6.45, 7) is 0.848. The Morgan fingerprint density at radius 3 is 2.76 bits per heavy atom. The molecule has 2 aromatic heterocycles. The molecule has 0 bridgehead atoms. The monoisotopic (exact) mass is 525 g/mol. The van der Waals surface area contributed by atoms with Gasteiger partial charge in [0.25, 0.3) is 11.8 Å². The zero-order chi connectivity index (χ0) is 26.8. The number of carbonyl (C=O) groups is 2. The number of amides is 2. The van der Waals surface area contributed by atoms with Crippen LogP contribution in [0.2, 0.25) is 0 Å². The van der Waals surface area contributed by atoms with Crippen molar-refractivity contribution in [2.45, 2.75) is 32.0 Å². The third-order valence-corrected chi connectivity index (χ3v) is 6.51. The Morgan fingerprint density at radius 2 is 2.05 bits per heavy atom. The second kappa shape index (κ2) is 10.6. The number of pyridine rings is 2. The van der Waals surface area contributed by atoms with Crippen LogP contribution in [0.5, 0.6) is 5.75 Å². The van der Waals surface area contributed by atoms with E-state index in [0.29, 0.717) is 18.4 Å². The maximum atomic E-state index is 14.0. The fourth-order valence-corrected chi connectivity index (χ4v) is 4.57. The lowest BCUT2D eigenvalue weighted by Crippen LogP contribution is -2.55. The summed E-state index contributed by atoms with van der Waals surface area (Å²) in [6.07, 6.45) is 4.31. The number of benzene rings is 1. The summed E-state index contributed by atoms with van der Waals surface area (Å²) in [4.78, 5) is 45.1. The number of nitrogens with zero attached hydrogens (tertiary/aromatic N) is 4. The van der Waals surface area contributed by atoms with Crippen LogP contribution in [0.4, 0.5) is 8.78 Å². The van der Waals surface area contributed by atoms with E-state index in [4.69, 9.17) is 4.74 Å². The van der Waals surface area contributed by atoms with Crippen LogP contribution in [-0.2, 0) is 17.8 Å². The molecule has 198 valence electrons. The summed E-state index contributed by atoms with van der Waals surface area (Å²) in [5.41, 5.74) is -1.10. The van der Waals surface area contributed by atoms with Crippen LogP contribution < -0.4 is 15.8 Å². The van der Waals surface area contributed by atoms with Gasteiger partial charge >= 0.3 is 0 Å². The van der Waals surface area contributed by atoms with E-state index in [9.17, 15) is 28.3 Å². The van der Waals surface area contributed by atoms with Gasteiger partial charge < -0.3 is 20.1 Å². The van der Waals surface area contributed by atoms with Gasteiger partial charge in [-0.2, -0.15) is 0 Å². The number of aromatic hydroxyl groups is 1. The standard InChI is InChI=1S/C26H25F2N5O5/c27-17-7-6-16(21(28)10-17)11-30-25(36)20-14-33-22(24(35)23(20)34)26(37)31(13-19-5-3-9-38-19)15-32(33)12-18-4-1-2-8-29-18/h1-2,4,6-8,10,14,19,35H,3,5,9,11-13,15H2,(H,30,36)/t19-/m1/s1. The van der Waals surface area contributed by atoms with Crippen LogP contribution in [0, 0.1) is 11.6 Å². The smallest absolute Gasteiger partial charge is 0.277 e. The van der Waals surface area contributed by atoms with Crippen molar-refractivity contribution in [3.8, 4) is 5.75 Å². The molecule has 0 aliphatic carbocycles. The summed E-state index contributed by atoms with van der Waals surface area (Å²) in [6, 6.07) is 8.26. The number of hydrogen-bond donors (Lipinski definition) is 2. The zero-order valence-electron chi connectivity index (χ0n) is 20.3. The maximum absolute atomic E-state index is 14.0. The minimum Gasteiger partial charge on any atom is -0.502 e. The normalized spacial score (nSPS) is 17.0. The van der Waals surface area contributed by atoms with Crippen molar-refractivity contribution in [3.05, 3.63) is 93.2 Å². The number of rotatable bonds is 7. The SMILES string of the molecule is O=C(NCc1ccc(F)cc1F)c1cn2c(c(O)c1=O)C(=O)N(C[C@H]1CCCO1)CN2Cc1ccccn1.